The lowest BCUT2D eigenvalue weighted by Gasteiger charge is -2.08. The highest BCUT2D eigenvalue weighted by Crippen LogP contribution is 2.23. The quantitative estimate of drug-likeness (QED) is 0.881. The molecule has 1 aromatic heterocycles. The van der Waals surface area contributed by atoms with Crippen LogP contribution in [0.5, 0.6) is 0 Å². The van der Waals surface area contributed by atoms with Gasteiger partial charge in [0.25, 0.3) is 5.56 Å². The monoisotopic (exact) mass is 244 g/mol. The Hall–Kier alpha value is -1.77. The van der Waals surface area contributed by atoms with Crippen LogP contribution < -0.4 is 5.56 Å². The Balaban J connectivity index is 2.64. The fourth-order valence-electron chi connectivity index (χ4n) is 2.36. The number of hydrogen-bond acceptors (Lipinski definition) is 1. The number of nitrogens with one attached hydrogen (secondary N) is 1. The minimum Gasteiger partial charge on any atom is -0.284 e. The number of benzene rings is 1. The molecular formula is C15H20N2O. The van der Waals surface area contributed by atoms with Gasteiger partial charge >= 0.3 is 0 Å². The number of nitrogens with zero attached hydrogens (tertiary/aromatic N) is 1. The van der Waals surface area contributed by atoms with Crippen molar-refractivity contribution in [1.29, 1.82) is 0 Å². The van der Waals surface area contributed by atoms with Crippen molar-refractivity contribution >= 4 is 0 Å². The second-order valence-electron chi connectivity index (χ2n) is 4.63. The molecule has 0 saturated carbocycles. The third kappa shape index (κ3) is 2.26. The van der Waals surface area contributed by atoms with Crippen LogP contribution in [0.1, 0.15) is 31.4 Å². The summed E-state index contributed by atoms with van der Waals surface area (Å²) in [4.78, 5) is 12.0. The molecule has 1 N–H and O–H groups in total. The van der Waals surface area contributed by atoms with E-state index in [1.807, 2.05) is 17.7 Å². The summed E-state index contributed by atoms with van der Waals surface area (Å²) in [7, 11) is 0. The van der Waals surface area contributed by atoms with Crippen molar-refractivity contribution in [2.45, 2.75) is 40.2 Å². The van der Waals surface area contributed by atoms with E-state index < -0.39 is 0 Å². The first-order valence-electron chi connectivity index (χ1n) is 6.56. The molecule has 0 unspecified atom stereocenters. The molecule has 0 saturated heterocycles. The zero-order valence-electron chi connectivity index (χ0n) is 11.3. The highest BCUT2D eigenvalue weighted by Gasteiger charge is 2.14. The maximum atomic E-state index is 12.0. The maximum Gasteiger partial charge on any atom is 0.267 e. The van der Waals surface area contributed by atoms with Gasteiger partial charge in [-0.15, -0.1) is 0 Å². The minimum atomic E-state index is 0.0511. The normalized spacial score (nSPS) is 10.8. The summed E-state index contributed by atoms with van der Waals surface area (Å²) >= 11 is 0. The smallest absolute Gasteiger partial charge is 0.267 e. The lowest BCUT2D eigenvalue weighted by Crippen LogP contribution is -2.07. The van der Waals surface area contributed by atoms with Gasteiger partial charge in [0.05, 0.1) is 5.69 Å². The summed E-state index contributed by atoms with van der Waals surface area (Å²) in [5.41, 5.74) is 4.35. The molecule has 0 atom stereocenters. The summed E-state index contributed by atoms with van der Waals surface area (Å²) in [6.45, 7) is 7.00. The summed E-state index contributed by atoms with van der Waals surface area (Å²) in [6.07, 6.45) is 1.81. The fourth-order valence-corrected chi connectivity index (χ4v) is 2.36. The number of aromatic amines is 1. The van der Waals surface area contributed by atoms with Crippen molar-refractivity contribution in [3.8, 4) is 11.3 Å². The van der Waals surface area contributed by atoms with E-state index >= 15 is 0 Å². The first-order valence-corrected chi connectivity index (χ1v) is 6.56. The molecule has 0 spiro atoms. The van der Waals surface area contributed by atoms with Crippen molar-refractivity contribution in [3.63, 3.8) is 0 Å². The van der Waals surface area contributed by atoms with Crippen LogP contribution in [0.2, 0.25) is 0 Å². The van der Waals surface area contributed by atoms with E-state index in [1.54, 1.807) is 0 Å². The van der Waals surface area contributed by atoms with Crippen molar-refractivity contribution in [3.05, 3.63) is 45.7 Å². The molecule has 3 nitrogen and oxygen atoms in total. The van der Waals surface area contributed by atoms with Crippen LogP contribution in [0.4, 0.5) is 0 Å². The van der Waals surface area contributed by atoms with E-state index in [9.17, 15) is 4.79 Å². The lowest BCUT2D eigenvalue weighted by atomic mass is 10.0. The number of aryl methyl sites for hydroxylation is 2. The molecule has 0 radical (unpaired) electrons. The summed E-state index contributed by atoms with van der Waals surface area (Å²) < 4.78 is 1.95. The number of rotatable bonds is 4. The molecule has 1 heterocycles. The van der Waals surface area contributed by atoms with Gasteiger partial charge in [-0.1, -0.05) is 37.1 Å². The highest BCUT2D eigenvalue weighted by molar-refractivity contribution is 5.64. The molecule has 0 fully saturated rings. The molecular weight excluding hydrogens is 224 g/mol. The topological polar surface area (TPSA) is 37.8 Å². The summed E-state index contributed by atoms with van der Waals surface area (Å²) in [5, 5.41) is 2.93. The highest BCUT2D eigenvalue weighted by atomic mass is 16.1. The van der Waals surface area contributed by atoms with Gasteiger partial charge in [-0.2, -0.15) is 0 Å². The third-order valence-electron chi connectivity index (χ3n) is 3.17. The van der Waals surface area contributed by atoms with E-state index in [2.05, 4.69) is 37.1 Å². The molecule has 2 aromatic rings. The van der Waals surface area contributed by atoms with Gasteiger partial charge in [0.1, 0.15) is 0 Å². The van der Waals surface area contributed by atoms with Crippen molar-refractivity contribution in [2.24, 2.45) is 0 Å². The second-order valence-corrected chi connectivity index (χ2v) is 4.63. The molecule has 96 valence electrons. The fraction of sp³-hybridized carbons (Fsp3) is 0.400. The average Bonchev–Trinajstić information content (AvgIpc) is 2.67. The minimum absolute atomic E-state index is 0.0511. The number of aromatic nitrogens is 2. The van der Waals surface area contributed by atoms with Gasteiger partial charge in [-0.05, 0) is 26.3 Å². The van der Waals surface area contributed by atoms with Crippen molar-refractivity contribution < 1.29 is 0 Å². The third-order valence-corrected chi connectivity index (χ3v) is 3.17. The Bertz CT molecular complexity index is 593. The van der Waals surface area contributed by atoms with E-state index in [1.165, 1.54) is 5.56 Å². The summed E-state index contributed by atoms with van der Waals surface area (Å²) in [6, 6.07) is 8.32. The standard InChI is InChI=1S/C15H20N2O/c1-4-7-13-14(17(5-2)16-15(13)18)12-9-6-8-11(3)10-12/h6,8-10H,4-5,7H2,1-3H3,(H,16,18). The molecule has 0 aliphatic rings. The predicted octanol–water partition coefficient (Wildman–Crippen LogP) is 3.12. The van der Waals surface area contributed by atoms with Crippen LogP contribution >= 0.6 is 0 Å². The zero-order chi connectivity index (χ0) is 13.1. The van der Waals surface area contributed by atoms with Gasteiger partial charge < -0.3 is 0 Å². The SMILES string of the molecule is CCCc1c(-c2cccc(C)c2)n(CC)[nH]c1=O. The van der Waals surface area contributed by atoms with Crippen LogP contribution in [0, 0.1) is 6.92 Å². The van der Waals surface area contributed by atoms with Crippen LogP contribution in [0.15, 0.2) is 29.1 Å². The molecule has 1 aromatic carbocycles. The van der Waals surface area contributed by atoms with Crippen LogP contribution in [-0.4, -0.2) is 9.78 Å². The number of hydrogen-bond donors (Lipinski definition) is 1. The Labute approximate surface area is 107 Å². The van der Waals surface area contributed by atoms with Gasteiger partial charge in [0.15, 0.2) is 0 Å². The Morgan fingerprint density at radius 3 is 2.67 bits per heavy atom. The Morgan fingerprint density at radius 2 is 2.06 bits per heavy atom. The molecule has 3 heteroatoms. The van der Waals surface area contributed by atoms with Crippen molar-refractivity contribution in [1.82, 2.24) is 9.78 Å². The van der Waals surface area contributed by atoms with Crippen LogP contribution in [-0.2, 0) is 13.0 Å². The van der Waals surface area contributed by atoms with Crippen molar-refractivity contribution in [2.75, 3.05) is 0 Å². The van der Waals surface area contributed by atoms with Crippen LogP contribution in [0.3, 0.4) is 0 Å². The van der Waals surface area contributed by atoms with E-state index in [4.69, 9.17) is 0 Å². The lowest BCUT2D eigenvalue weighted by molar-refractivity contribution is 0.659. The van der Waals surface area contributed by atoms with Crippen LogP contribution in [0.25, 0.3) is 11.3 Å². The van der Waals surface area contributed by atoms with Gasteiger partial charge in [0, 0.05) is 17.7 Å². The van der Waals surface area contributed by atoms with E-state index in [0.717, 1.165) is 36.2 Å². The van der Waals surface area contributed by atoms with Gasteiger partial charge in [-0.3, -0.25) is 14.6 Å². The largest absolute Gasteiger partial charge is 0.284 e. The molecule has 0 aliphatic carbocycles. The van der Waals surface area contributed by atoms with E-state index in [-0.39, 0.29) is 5.56 Å². The predicted molar refractivity (Wildman–Crippen MR) is 74.9 cm³/mol. The first kappa shape index (κ1) is 12.7. The molecule has 0 aliphatic heterocycles. The Morgan fingerprint density at radius 1 is 1.28 bits per heavy atom. The molecule has 0 bridgehead atoms. The molecule has 0 amide bonds. The molecule has 18 heavy (non-hydrogen) atoms. The number of H-pyrrole nitrogens is 1. The summed E-state index contributed by atoms with van der Waals surface area (Å²) in [5.74, 6) is 0. The zero-order valence-corrected chi connectivity index (χ0v) is 11.3. The first-order chi connectivity index (χ1) is 8.67. The maximum absolute atomic E-state index is 12.0. The average molecular weight is 244 g/mol. The molecule has 2 rings (SSSR count). The van der Waals surface area contributed by atoms with Gasteiger partial charge in [-0.25, -0.2) is 0 Å². The second kappa shape index (κ2) is 5.25. The Kier molecular flexibility index (Phi) is 3.70. The van der Waals surface area contributed by atoms with Gasteiger partial charge in [0.2, 0.25) is 0 Å². The van der Waals surface area contributed by atoms with E-state index in [0.29, 0.717) is 0 Å².